The van der Waals surface area contributed by atoms with Crippen LogP contribution in [-0.4, -0.2) is 33.9 Å². The van der Waals surface area contributed by atoms with E-state index in [4.69, 9.17) is 4.74 Å². The van der Waals surface area contributed by atoms with Gasteiger partial charge in [0.15, 0.2) is 5.82 Å². The average molecular weight is 317 g/mol. The van der Waals surface area contributed by atoms with Crippen molar-refractivity contribution < 1.29 is 14.3 Å². The maximum absolute atomic E-state index is 12.0. The third-order valence-electron chi connectivity index (χ3n) is 2.99. The average Bonchev–Trinajstić information content (AvgIpc) is 2.94. The van der Waals surface area contributed by atoms with Crippen molar-refractivity contribution in [2.24, 2.45) is 5.92 Å². The van der Waals surface area contributed by atoms with Crippen LogP contribution >= 0.6 is 0 Å². The Labute approximate surface area is 133 Å². The molecule has 0 unspecified atom stereocenters. The van der Waals surface area contributed by atoms with E-state index >= 15 is 0 Å². The van der Waals surface area contributed by atoms with Gasteiger partial charge in [-0.15, -0.1) is 5.10 Å². The highest BCUT2D eigenvalue weighted by atomic mass is 16.5. The molecular formula is C15H19N5O3. The van der Waals surface area contributed by atoms with Gasteiger partial charge in [-0.25, -0.2) is 4.68 Å². The molecule has 1 aromatic carbocycles. The van der Waals surface area contributed by atoms with Gasteiger partial charge >= 0.3 is 0 Å². The predicted octanol–water partition coefficient (Wildman–Crippen LogP) is 1.52. The minimum atomic E-state index is -0.248. The number of nitrogens with zero attached hydrogens (tertiary/aromatic N) is 3. The van der Waals surface area contributed by atoms with Crippen molar-refractivity contribution in [3.8, 4) is 5.75 Å². The number of ether oxygens (including phenoxy) is 1. The van der Waals surface area contributed by atoms with Crippen molar-refractivity contribution in [1.82, 2.24) is 15.0 Å². The second kappa shape index (κ2) is 7.39. The number of carbonyl (C=O) groups excluding carboxylic acids is 2. The summed E-state index contributed by atoms with van der Waals surface area (Å²) in [5.41, 5.74) is 0.657. The Morgan fingerprint density at radius 3 is 2.52 bits per heavy atom. The largest absolute Gasteiger partial charge is 0.497 e. The lowest BCUT2D eigenvalue weighted by atomic mass is 10.2. The zero-order chi connectivity index (χ0) is 16.8. The monoisotopic (exact) mass is 317 g/mol. The van der Waals surface area contributed by atoms with Crippen LogP contribution in [0.2, 0.25) is 0 Å². The Morgan fingerprint density at radius 1 is 1.22 bits per heavy atom. The number of methoxy groups -OCH3 is 1. The molecule has 1 heterocycles. The molecule has 2 aromatic rings. The lowest BCUT2D eigenvalue weighted by Gasteiger charge is -2.06. The highest BCUT2D eigenvalue weighted by Crippen LogP contribution is 2.15. The molecule has 8 heteroatoms. The predicted molar refractivity (Wildman–Crippen MR) is 85.1 cm³/mol. The fraction of sp³-hybridized carbons (Fsp3) is 0.333. The van der Waals surface area contributed by atoms with Crippen LogP contribution < -0.4 is 15.4 Å². The third-order valence-corrected chi connectivity index (χ3v) is 2.99. The fourth-order valence-corrected chi connectivity index (χ4v) is 1.73. The van der Waals surface area contributed by atoms with Crippen LogP contribution in [0, 0.1) is 5.92 Å². The summed E-state index contributed by atoms with van der Waals surface area (Å²) in [5.74, 6) is 0.478. The quantitative estimate of drug-likeness (QED) is 0.841. The second-order valence-corrected chi connectivity index (χ2v) is 5.22. The van der Waals surface area contributed by atoms with E-state index in [-0.39, 0.29) is 24.3 Å². The van der Waals surface area contributed by atoms with Crippen LogP contribution in [0.25, 0.3) is 0 Å². The van der Waals surface area contributed by atoms with Crippen molar-refractivity contribution in [2.75, 3.05) is 17.7 Å². The van der Waals surface area contributed by atoms with E-state index in [0.717, 1.165) is 0 Å². The number of hydrogen-bond acceptors (Lipinski definition) is 5. The van der Waals surface area contributed by atoms with E-state index in [1.807, 2.05) is 0 Å². The number of benzene rings is 1. The minimum absolute atomic E-state index is 0.00339. The molecule has 23 heavy (non-hydrogen) atoms. The Hall–Kier alpha value is -2.90. The molecule has 0 saturated carbocycles. The van der Waals surface area contributed by atoms with E-state index in [2.05, 4.69) is 20.9 Å². The van der Waals surface area contributed by atoms with Gasteiger partial charge in [0, 0.05) is 11.6 Å². The molecular weight excluding hydrogens is 298 g/mol. The molecule has 2 N–H and O–H groups in total. The topological polar surface area (TPSA) is 98.1 Å². The Balaban J connectivity index is 1.90. The highest BCUT2D eigenvalue weighted by Gasteiger charge is 2.11. The van der Waals surface area contributed by atoms with Gasteiger partial charge in [-0.1, -0.05) is 19.1 Å². The first-order chi connectivity index (χ1) is 11.0. The standard InChI is InChI=1S/C15H19N5O3/c1-10(2)15(22)17-13-8-20(19-18-13)9-14(21)16-11-4-6-12(23-3)7-5-11/h4-8,10H,9H2,1-3H3,(H,16,21)(H,17,22). The normalized spacial score (nSPS) is 10.4. The van der Waals surface area contributed by atoms with E-state index in [1.165, 1.54) is 10.9 Å². The maximum atomic E-state index is 12.0. The van der Waals surface area contributed by atoms with Crippen LogP contribution in [0.5, 0.6) is 5.75 Å². The van der Waals surface area contributed by atoms with E-state index in [9.17, 15) is 9.59 Å². The van der Waals surface area contributed by atoms with Crippen molar-refractivity contribution in [3.63, 3.8) is 0 Å². The van der Waals surface area contributed by atoms with Gasteiger partial charge in [-0.3, -0.25) is 9.59 Å². The molecule has 8 nitrogen and oxygen atoms in total. The summed E-state index contributed by atoms with van der Waals surface area (Å²) >= 11 is 0. The lowest BCUT2D eigenvalue weighted by molar-refractivity contribution is -0.119. The molecule has 2 amide bonds. The lowest BCUT2D eigenvalue weighted by Crippen LogP contribution is -2.19. The number of aromatic nitrogens is 3. The summed E-state index contributed by atoms with van der Waals surface area (Å²) in [6.07, 6.45) is 1.51. The Kier molecular flexibility index (Phi) is 5.29. The molecule has 0 fully saturated rings. The van der Waals surface area contributed by atoms with Gasteiger partial charge in [-0.2, -0.15) is 0 Å². The zero-order valence-corrected chi connectivity index (χ0v) is 13.2. The number of amides is 2. The van der Waals surface area contributed by atoms with Crippen molar-refractivity contribution in [2.45, 2.75) is 20.4 Å². The molecule has 0 spiro atoms. The summed E-state index contributed by atoms with van der Waals surface area (Å²) in [4.78, 5) is 23.5. The van der Waals surface area contributed by atoms with E-state index < -0.39 is 0 Å². The van der Waals surface area contributed by atoms with E-state index in [0.29, 0.717) is 17.3 Å². The zero-order valence-electron chi connectivity index (χ0n) is 13.2. The molecule has 0 atom stereocenters. The van der Waals surface area contributed by atoms with Gasteiger partial charge in [0.05, 0.1) is 13.3 Å². The van der Waals surface area contributed by atoms with Crippen LogP contribution in [0.15, 0.2) is 30.5 Å². The molecule has 0 saturated heterocycles. The van der Waals surface area contributed by atoms with Gasteiger partial charge in [-0.05, 0) is 24.3 Å². The summed E-state index contributed by atoms with van der Waals surface area (Å²) in [6.45, 7) is 3.56. The second-order valence-electron chi connectivity index (χ2n) is 5.22. The van der Waals surface area contributed by atoms with Gasteiger partial charge in [0.1, 0.15) is 12.3 Å². The van der Waals surface area contributed by atoms with Crippen molar-refractivity contribution in [1.29, 1.82) is 0 Å². The first kappa shape index (κ1) is 16.5. The molecule has 122 valence electrons. The Morgan fingerprint density at radius 2 is 1.91 bits per heavy atom. The fourth-order valence-electron chi connectivity index (χ4n) is 1.73. The third kappa shape index (κ3) is 4.80. The molecule has 2 rings (SSSR count). The molecule has 0 aliphatic heterocycles. The first-order valence-electron chi connectivity index (χ1n) is 7.13. The molecule has 0 aliphatic rings. The van der Waals surface area contributed by atoms with E-state index in [1.54, 1.807) is 45.2 Å². The van der Waals surface area contributed by atoms with Crippen LogP contribution in [0.3, 0.4) is 0 Å². The summed E-state index contributed by atoms with van der Waals surface area (Å²) in [7, 11) is 1.58. The van der Waals surface area contributed by atoms with Crippen LogP contribution in [-0.2, 0) is 16.1 Å². The summed E-state index contributed by atoms with van der Waals surface area (Å²) in [6, 6.07) is 6.99. The molecule has 0 aliphatic carbocycles. The Bertz CT molecular complexity index is 679. The van der Waals surface area contributed by atoms with Gasteiger partial charge in [0.25, 0.3) is 0 Å². The molecule has 0 bridgehead atoms. The number of rotatable bonds is 6. The highest BCUT2D eigenvalue weighted by molar-refractivity contribution is 5.91. The van der Waals surface area contributed by atoms with Gasteiger partial charge < -0.3 is 15.4 Å². The number of anilines is 2. The van der Waals surface area contributed by atoms with Crippen molar-refractivity contribution in [3.05, 3.63) is 30.5 Å². The van der Waals surface area contributed by atoms with Crippen LogP contribution in [0.4, 0.5) is 11.5 Å². The number of nitrogens with one attached hydrogen (secondary N) is 2. The number of hydrogen-bond donors (Lipinski definition) is 2. The number of carbonyl (C=O) groups is 2. The van der Waals surface area contributed by atoms with Gasteiger partial charge in [0.2, 0.25) is 11.8 Å². The first-order valence-corrected chi connectivity index (χ1v) is 7.13. The SMILES string of the molecule is COc1ccc(NC(=O)Cn2cc(NC(=O)C(C)C)nn2)cc1. The summed E-state index contributed by atoms with van der Waals surface area (Å²) in [5, 5.41) is 13.0. The smallest absolute Gasteiger partial charge is 0.246 e. The van der Waals surface area contributed by atoms with Crippen LogP contribution in [0.1, 0.15) is 13.8 Å². The van der Waals surface area contributed by atoms with Crippen molar-refractivity contribution >= 4 is 23.3 Å². The maximum Gasteiger partial charge on any atom is 0.246 e. The molecule has 1 aromatic heterocycles. The summed E-state index contributed by atoms with van der Waals surface area (Å²) < 4.78 is 6.41. The minimum Gasteiger partial charge on any atom is -0.497 e. The molecule has 0 radical (unpaired) electrons.